The molecule has 11 heteroatoms. The largest absolute Gasteiger partial charge is 0.381 e. The number of hydrogen-bond acceptors (Lipinski definition) is 8. The van der Waals surface area contributed by atoms with Gasteiger partial charge < -0.3 is 20.7 Å². The van der Waals surface area contributed by atoms with Gasteiger partial charge in [-0.15, -0.1) is 0 Å². The minimum Gasteiger partial charge on any atom is -0.381 e. The molecule has 0 bridgehead atoms. The van der Waals surface area contributed by atoms with Gasteiger partial charge in [0.15, 0.2) is 11.4 Å². The molecule has 2 aliphatic rings. The maximum atomic E-state index is 15.1. The Morgan fingerprint density at radius 3 is 2.73 bits per heavy atom. The second-order valence-corrected chi connectivity index (χ2v) is 13.0. The van der Waals surface area contributed by atoms with Gasteiger partial charge >= 0.3 is 0 Å². The van der Waals surface area contributed by atoms with Crippen LogP contribution in [0.25, 0.3) is 22.2 Å². The highest BCUT2D eigenvalue weighted by molar-refractivity contribution is 5.99. The van der Waals surface area contributed by atoms with Crippen molar-refractivity contribution in [3.8, 4) is 11.1 Å². The molecule has 2 aliphatic heterocycles. The molecule has 1 amide bonds. The molecule has 3 N–H and O–H groups in total. The van der Waals surface area contributed by atoms with E-state index in [0.717, 1.165) is 91.1 Å². The first kappa shape index (κ1) is 34.7. The molecule has 0 atom stereocenters. The maximum absolute atomic E-state index is 15.1. The van der Waals surface area contributed by atoms with Crippen LogP contribution in [0.3, 0.4) is 0 Å². The Kier molecular flexibility index (Phi) is 11.7. The van der Waals surface area contributed by atoms with Gasteiger partial charge in [-0.1, -0.05) is 25.1 Å². The third-order valence-electron chi connectivity index (χ3n) is 9.58. The average molecular weight is 670 g/mol. The minimum atomic E-state index is -0.377. The third-order valence-corrected chi connectivity index (χ3v) is 9.58. The predicted octanol–water partition coefficient (Wildman–Crippen LogP) is 5.49. The molecule has 10 nitrogen and oxygen atoms in total. The summed E-state index contributed by atoms with van der Waals surface area (Å²) < 4.78 is 22.5. The number of aromatic nitrogens is 3. The van der Waals surface area contributed by atoms with Crippen LogP contribution >= 0.6 is 0 Å². The number of benzene rings is 2. The van der Waals surface area contributed by atoms with Crippen LogP contribution < -0.4 is 16.0 Å². The molecule has 0 aliphatic carbocycles. The number of fused-ring (bicyclic) bond motifs is 1. The lowest BCUT2D eigenvalue weighted by molar-refractivity contribution is -0.121. The topological polar surface area (TPSA) is 113 Å². The fraction of sp³-hybridized carbons (Fsp3) is 0.474. The fourth-order valence-electron chi connectivity index (χ4n) is 6.82. The lowest BCUT2D eigenvalue weighted by atomic mass is 9.97. The number of nitrogens with zero attached hydrogens (tertiary/aromatic N) is 4. The summed E-state index contributed by atoms with van der Waals surface area (Å²) in [7, 11) is 0. The van der Waals surface area contributed by atoms with Gasteiger partial charge in [0.05, 0.1) is 17.3 Å². The molecule has 260 valence electrons. The number of Topliss-reactive ketones (excluding diaryl/α,β-unsaturated/α-hetero) is 1. The molecule has 2 fully saturated rings. The zero-order chi connectivity index (χ0) is 34.2. The van der Waals surface area contributed by atoms with E-state index in [4.69, 9.17) is 9.72 Å². The van der Waals surface area contributed by atoms with Crippen LogP contribution in [0.5, 0.6) is 0 Å². The van der Waals surface area contributed by atoms with Crippen molar-refractivity contribution >= 4 is 28.4 Å². The number of hydrogen-bond donors (Lipinski definition) is 3. The Balaban J connectivity index is 1.11. The fourth-order valence-corrected chi connectivity index (χ4v) is 6.82. The van der Waals surface area contributed by atoms with E-state index in [9.17, 15) is 9.59 Å². The molecule has 0 unspecified atom stereocenters. The zero-order valence-electron chi connectivity index (χ0n) is 28.7. The number of carbonyl (C=O) groups is 2. The normalized spacial score (nSPS) is 16.1. The zero-order valence-corrected chi connectivity index (χ0v) is 28.7. The minimum absolute atomic E-state index is 0.0221. The van der Waals surface area contributed by atoms with E-state index in [1.54, 1.807) is 6.07 Å². The van der Waals surface area contributed by atoms with Crippen molar-refractivity contribution in [3.63, 3.8) is 0 Å². The molecule has 4 aromatic rings. The van der Waals surface area contributed by atoms with Crippen LogP contribution in [-0.2, 0) is 35.6 Å². The van der Waals surface area contributed by atoms with E-state index in [1.165, 1.54) is 12.1 Å². The Bertz CT molecular complexity index is 1760. The summed E-state index contributed by atoms with van der Waals surface area (Å²) in [5.74, 6) is -0.802. The van der Waals surface area contributed by atoms with Crippen LogP contribution in [0, 0.1) is 5.82 Å². The summed E-state index contributed by atoms with van der Waals surface area (Å²) in [5.41, 5.74) is 6.26. The second-order valence-electron chi connectivity index (χ2n) is 13.0. The predicted molar refractivity (Wildman–Crippen MR) is 190 cm³/mol. The van der Waals surface area contributed by atoms with Crippen molar-refractivity contribution in [3.05, 3.63) is 76.9 Å². The molecular formula is C38H48FN7O3. The first-order chi connectivity index (χ1) is 23.9. The van der Waals surface area contributed by atoms with Crippen molar-refractivity contribution in [2.24, 2.45) is 0 Å². The monoisotopic (exact) mass is 669 g/mol. The van der Waals surface area contributed by atoms with E-state index in [1.807, 2.05) is 36.0 Å². The van der Waals surface area contributed by atoms with Crippen molar-refractivity contribution in [1.82, 2.24) is 30.3 Å². The van der Waals surface area contributed by atoms with E-state index in [-0.39, 0.29) is 42.9 Å². The van der Waals surface area contributed by atoms with Gasteiger partial charge in [0.1, 0.15) is 5.82 Å². The van der Waals surface area contributed by atoms with Gasteiger partial charge in [-0.25, -0.2) is 14.1 Å². The van der Waals surface area contributed by atoms with Crippen molar-refractivity contribution in [2.75, 3.05) is 44.7 Å². The third kappa shape index (κ3) is 8.52. The molecule has 2 aromatic carbocycles. The number of carbonyl (C=O) groups excluding carboxylic acids is 2. The highest BCUT2D eigenvalue weighted by Crippen LogP contribution is 2.31. The van der Waals surface area contributed by atoms with E-state index in [0.29, 0.717) is 37.3 Å². The van der Waals surface area contributed by atoms with Gasteiger partial charge in [0, 0.05) is 87.2 Å². The number of halogens is 1. The summed E-state index contributed by atoms with van der Waals surface area (Å²) in [5, 5.41) is 15.7. The smallest absolute Gasteiger partial charge is 0.220 e. The Morgan fingerprint density at radius 2 is 1.92 bits per heavy atom. The molecule has 2 aromatic heterocycles. The Morgan fingerprint density at radius 1 is 1.06 bits per heavy atom. The Labute approximate surface area is 287 Å². The summed E-state index contributed by atoms with van der Waals surface area (Å²) in [6.07, 6.45) is 5.49. The average Bonchev–Trinajstić information content (AvgIpc) is 3.37. The number of pyridine rings is 1. The first-order valence-corrected chi connectivity index (χ1v) is 17.8. The standard InChI is InChI=1S/C38H48FN7O3/c1-3-34-31(37(43-29-13-19-49-20-14-29)32-24-42-46(4-2)38(32)44-34)23-41-36(48)12-11-35(47)28-9-10-33(39)30(22-28)27-8-5-7-26(21-27)25-45-17-6-15-40-16-18-45/h5,7-10,21-22,24,29,40H,3-4,6,11-20,23,25H2,1-2H3,(H,41,48)(H,43,44). The van der Waals surface area contributed by atoms with Crippen LogP contribution in [-0.4, -0.2) is 76.8 Å². The summed E-state index contributed by atoms with van der Waals surface area (Å²) in [4.78, 5) is 33.8. The summed E-state index contributed by atoms with van der Waals surface area (Å²) in [6.45, 7) is 11.3. The Hall–Kier alpha value is -4.19. The molecule has 0 saturated carbocycles. The number of ketones is 1. The van der Waals surface area contributed by atoms with Gasteiger partial charge in [-0.2, -0.15) is 5.10 Å². The highest BCUT2D eigenvalue weighted by Gasteiger charge is 2.22. The van der Waals surface area contributed by atoms with E-state index < -0.39 is 0 Å². The van der Waals surface area contributed by atoms with Crippen LogP contribution in [0.2, 0.25) is 0 Å². The highest BCUT2D eigenvalue weighted by atomic mass is 19.1. The quantitative estimate of drug-likeness (QED) is 0.160. The molecule has 2 saturated heterocycles. The van der Waals surface area contributed by atoms with E-state index in [2.05, 4.69) is 38.9 Å². The molecule has 4 heterocycles. The van der Waals surface area contributed by atoms with E-state index >= 15 is 4.39 Å². The number of rotatable bonds is 13. The molecule has 0 spiro atoms. The van der Waals surface area contributed by atoms with Crippen molar-refractivity contribution < 1.29 is 18.7 Å². The summed E-state index contributed by atoms with van der Waals surface area (Å²) in [6, 6.07) is 12.6. The second kappa shape index (κ2) is 16.5. The summed E-state index contributed by atoms with van der Waals surface area (Å²) >= 11 is 0. The number of nitrogens with one attached hydrogen (secondary N) is 3. The first-order valence-electron chi connectivity index (χ1n) is 17.8. The van der Waals surface area contributed by atoms with Crippen LogP contribution in [0.4, 0.5) is 10.1 Å². The molecular weight excluding hydrogens is 621 g/mol. The lowest BCUT2D eigenvalue weighted by Crippen LogP contribution is -2.30. The SMILES string of the molecule is CCc1nc2c(cnn2CC)c(NC2CCOCC2)c1CNC(=O)CCC(=O)c1ccc(F)c(-c2cccc(CN3CCCNCC3)c2)c1. The van der Waals surface area contributed by atoms with Gasteiger partial charge in [0.25, 0.3) is 0 Å². The van der Waals surface area contributed by atoms with Crippen molar-refractivity contribution in [1.29, 1.82) is 0 Å². The number of aryl methyl sites for hydroxylation is 2. The van der Waals surface area contributed by atoms with Gasteiger partial charge in [0.2, 0.25) is 5.91 Å². The molecule has 6 rings (SSSR count). The molecule has 0 radical (unpaired) electrons. The maximum Gasteiger partial charge on any atom is 0.220 e. The van der Waals surface area contributed by atoms with Gasteiger partial charge in [-0.05, 0) is 81.1 Å². The number of ether oxygens (including phenoxy) is 1. The number of anilines is 1. The lowest BCUT2D eigenvalue weighted by Gasteiger charge is -2.26. The molecule has 49 heavy (non-hydrogen) atoms. The van der Waals surface area contributed by atoms with Crippen LogP contribution in [0.1, 0.15) is 73.1 Å². The van der Waals surface area contributed by atoms with Crippen LogP contribution in [0.15, 0.2) is 48.7 Å². The van der Waals surface area contributed by atoms with Gasteiger partial charge in [-0.3, -0.25) is 14.5 Å². The van der Waals surface area contributed by atoms with Crippen molar-refractivity contribution in [2.45, 2.75) is 78.0 Å². The number of amides is 1.